The summed E-state index contributed by atoms with van der Waals surface area (Å²) in [4.78, 5) is 19.4. The average Bonchev–Trinajstić information content (AvgIpc) is 3.03. The monoisotopic (exact) mass is 378 g/mol. The number of nitrogens with zero attached hydrogens (tertiary/aromatic N) is 3. The van der Waals surface area contributed by atoms with E-state index in [0.717, 1.165) is 27.8 Å². The first-order valence-corrected chi connectivity index (χ1v) is 10.4. The number of nitrogens with one attached hydrogen (secondary N) is 1. The number of hydrogen-bond acceptors (Lipinski definition) is 5. The largest absolute Gasteiger partial charge is 0.345 e. The smallest absolute Gasteiger partial charge is 0.271 e. The van der Waals surface area contributed by atoms with Crippen LogP contribution in [0.5, 0.6) is 0 Å². The van der Waals surface area contributed by atoms with E-state index >= 15 is 0 Å². The number of benzene rings is 1. The van der Waals surface area contributed by atoms with E-state index < -0.39 is 0 Å². The molecule has 1 aromatic carbocycles. The van der Waals surface area contributed by atoms with Gasteiger partial charge < -0.3 is 5.32 Å². The van der Waals surface area contributed by atoms with Crippen molar-refractivity contribution < 1.29 is 4.79 Å². The lowest BCUT2D eigenvalue weighted by atomic mass is 9.93. The van der Waals surface area contributed by atoms with Crippen LogP contribution in [0.15, 0.2) is 42.7 Å². The van der Waals surface area contributed by atoms with E-state index in [1.807, 2.05) is 18.2 Å². The lowest BCUT2D eigenvalue weighted by Gasteiger charge is -2.47. The summed E-state index contributed by atoms with van der Waals surface area (Å²) in [5.41, 5.74) is 2.80. The van der Waals surface area contributed by atoms with E-state index in [2.05, 4.69) is 31.7 Å². The second-order valence-corrected chi connectivity index (χ2v) is 8.27. The fraction of sp³-hybridized carbons (Fsp3) is 0.381. The zero-order valence-electron chi connectivity index (χ0n) is 15.1. The highest BCUT2D eigenvalue weighted by Gasteiger charge is 2.40. The standard InChI is InChI=1S/C21H22N4OS/c26-21(23-17-13-25-11-3-1-2-4-18(17)25)20-16-6-5-15(12-19(16)27-24-20)14-7-9-22-10-8-14/h5-10,12,17-18H,1-4,11,13H2,(H,23,26)/t17-,18?/m0/s1. The van der Waals surface area contributed by atoms with E-state index in [4.69, 9.17) is 0 Å². The molecular formula is C21H22N4OS. The number of aromatic nitrogens is 2. The highest BCUT2D eigenvalue weighted by molar-refractivity contribution is 7.13. The highest BCUT2D eigenvalue weighted by atomic mass is 32.1. The Bertz CT molecular complexity index is 971. The van der Waals surface area contributed by atoms with Crippen LogP contribution in [0.3, 0.4) is 0 Å². The van der Waals surface area contributed by atoms with Gasteiger partial charge in [0.15, 0.2) is 0 Å². The molecule has 1 N–H and O–H groups in total. The Hall–Kier alpha value is -2.31. The third-order valence-electron chi connectivity index (χ3n) is 5.83. The first-order chi connectivity index (χ1) is 13.3. The number of amides is 1. The Kier molecular flexibility index (Phi) is 4.38. The van der Waals surface area contributed by atoms with Gasteiger partial charge in [-0.1, -0.05) is 25.0 Å². The minimum Gasteiger partial charge on any atom is -0.345 e. The summed E-state index contributed by atoms with van der Waals surface area (Å²) < 4.78 is 5.51. The van der Waals surface area contributed by atoms with Crippen LogP contribution < -0.4 is 5.32 Å². The van der Waals surface area contributed by atoms with Gasteiger partial charge in [0, 0.05) is 30.4 Å². The van der Waals surface area contributed by atoms with Crippen molar-refractivity contribution >= 4 is 27.5 Å². The summed E-state index contributed by atoms with van der Waals surface area (Å²) in [6, 6.07) is 10.9. The maximum absolute atomic E-state index is 12.8. The number of fused-ring (bicyclic) bond motifs is 2. The second-order valence-electron chi connectivity index (χ2n) is 7.47. The quantitative estimate of drug-likeness (QED) is 0.755. The fourth-order valence-corrected chi connectivity index (χ4v) is 5.13. The summed E-state index contributed by atoms with van der Waals surface area (Å²) in [7, 11) is 0. The molecule has 138 valence electrons. The molecule has 0 bridgehead atoms. The zero-order chi connectivity index (χ0) is 18.2. The van der Waals surface area contributed by atoms with Gasteiger partial charge in [-0.25, -0.2) is 0 Å². The van der Waals surface area contributed by atoms with E-state index in [-0.39, 0.29) is 11.9 Å². The Morgan fingerprint density at radius 2 is 2.00 bits per heavy atom. The van der Waals surface area contributed by atoms with Crippen LogP contribution in [0.25, 0.3) is 21.2 Å². The molecule has 2 aliphatic heterocycles. The molecule has 2 fully saturated rings. The lowest BCUT2D eigenvalue weighted by molar-refractivity contribution is 0.0410. The molecule has 0 spiro atoms. The summed E-state index contributed by atoms with van der Waals surface area (Å²) in [5, 5.41) is 4.18. The molecule has 2 atom stereocenters. The van der Waals surface area contributed by atoms with Gasteiger partial charge in [-0.15, -0.1) is 0 Å². The van der Waals surface area contributed by atoms with Crippen LogP contribution in [0, 0.1) is 0 Å². The summed E-state index contributed by atoms with van der Waals surface area (Å²) in [6.07, 6.45) is 8.64. The maximum Gasteiger partial charge on any atom is 0.271 e. The molecule has 1 unspecified atom stereocenters. The van der Waals surface area contributed by atoms with Gasteiger partial charge in [0.25, 0.3) is 5.91 Å². The number of carbonyl (C=O) groups excluding carboxylic acids is 1. The lowest BCUT2D eigenvalue weighted by Crippen LogP contribution is -2.66. The zero-order valence-corrected chi connectivity index (χ0v) is 15.9. The SMILES string of the molecule is O=C(N[C@H]1CN2CCCCCC12)c1nsc2cc(-c3ccncc3)ccc12. The van der Waals surface area contributed by atoms with Gasteiger partial charge in [-0.05, 0) is 60.2 Å². The van der Waals surface area contributed by atoms with Gasteiger partial charge in [0.1, 0.15) is 5.69 Å². The van der Waals surface area contributed by atoms with Crippen molar-refractivity contribution in [2.75, 3.05) is 13.1 Å². The van der Waals surface area contributed by atoms with Crippen molar-refractivity contribution in [3.05, 3.63) is 48.4 Å². The molecule has 0 radical (unpaired) electrons. The Labute approximate surface area is 162 Å². The van der Waals surface area contributed by atoms with Crippen molar-refractivity contribution in [3.8, 4) is 11.1 Å². The Morgan fingerprint density at radius 3 is 2.89 bits per heavy atom. The molecule has 3 aromatic rings. The van der Waals surface area contributed by atoms with E-state index in [0.29, 0.717) is 11.7 Å². The number of rotatable bonds is 3. The van der Waals surface area contributed by atoms with E-state index in [1.165, 1.54) is 43.8 Å². The highest BCUT2D eigenvalue weighted by Crippen LogP contribution is 2.30. The van der Waals surface area contributed by atoms with Crippen LogP contribution in [0.1, 0.15) is 36.2 Å². The second kappa shape index (κ2) is 7.02. The van der Waals surface area contributed by atoms with Crippen LogP contribution in [-0.4, -0.2) is 45.3 Å². The van der Waals surface area contributed by atoms with Crippen LogP contribution >= 0.6 is 11.5 Å². The topological polar surface area (TPSA) is 58.1 Å². The fourth-order valence-electron chi connectivity index (χ4n) is 4.32. The normalized spacial score (nSPS) is 22.7. The van der Waals surface area contributed by atoms with Crippen LogP contribution in [0.2, 0.25) is 0 Å². The van der Waals surface area contributed by atoms with Gasteiger partial charge in [-0.2, -0.15) is 4.37 Å². The number of carbonyl (C=O) groups is 1. The van der Waals surface area contributed by atoms with Crippen LogP contribution in [0.4, 0.5) is 0 Å². The third kappa shape index (κ3) is 3.13. The van der Waals surface area contributed by atoms with Crippen molar-refractivity contribution in [1.82, 2.24) is 19.6 Å². The molecule has 27 heavy (non-hydrogen) atoms. The first-order valence-electron chi connectivity index (χ1n) is 9.64. The number of hydrogen-bond donors (Lipinski definition) is 1. The molecule has 2 aliphatic rings. The molecule has 6 heteroatoms. The molecule has 4 heterocycles. The molecule has 1 amide bonds. The third-order valence-corrected chi connectivity index (χ3v) is 6.64. The molecule has 2 aromatic heterocycles. The maximum atomic E-state index is 12.8. The van der Waals surface area contributed by atoms with Crippen molar-refractivity contribution in [2.24, 2.45) is 0 Å². The summed E-state index contributed by atoms with van der Waals surface area (Å²) >= 11 is 1.39. The predicted molar refractivity (Wildman–Crippen MR) is 108 cm³/mol. The van der Waals surface area contributed by atoms with Gasteiger partial charge in [-0.3, -0.25) is 14.7 Å². The molecule has 5 nitrogen and oxygen atoms in total. The van der Waals surface area contributed by atoms with Gasteiger partial charge >= 0.3 is 0 Å². The van der Waals surface area contributed by atoms with Gasteiger partial charge in [0.2, 0.25) is 0 Å². The minimum atomic E-state index is -0.0354. The van der Waals surface area contributed by atoms with Gasteiger partial charge in [0.05, 0.1) is 10.7 Å². The number of pyridine rings is 1. The van der Waals surface area contributed by atoms with Crippen molar-refractivity contribution in [3.63, 3.8) is 0 Å². The van der Waals surface area contributed by atoms with Crippen molar-refractivity contribution in [2.45, 2.75) is 37.8 Å². The molecule has 0 saturated carbocycles. The summed E-state index contributed by atoms with van der Waals surface area (Å²) in [6.45, 7) is 2.15. The molecule has 5 rings (SSSR count). The Balaban J connectivity index is 1.35. The molecular weight excluding hydrogens is 356 g/mol. The average molecular weight is 379 g/mol. The van der Waals surface area contributed by atoms with Crippen molar-refractivity contribution in [1.29, 1.82) is 0 Å². The van der Waals surface area contributed by atoms with E-state index in [9.17, 15) is 4.79 Å². The molecule has 0 aliphatic carbocycles. The summed E-state index contributed by atoms with van der Waals surface area (Å²) in [5.74, 6) is -0.0354. The first kappa shape index (κ1) is 16.8. The molecule has 2 saturated heterocycles. The minimum absolute atomic E-state index is 0.0354. The Morgan fingerprint density at radius 1 is 1.11 bits per heavy atom. The van der Waals surface area contributed by atoms with Crippen LogP contribution in [-0.2, 0) is 0 Å². The predicted octanol–water partition coefficient (Wildman–Crippen LogP) is 3.71. The van der Waals surface area contributed by atoms with E-state index in [1.54, 1.807) is 12.4 Å².